The first-order chi connectivity index (χ1) is 41.0. The Balaban J connectivity index is 0.00000653. The summed E-state index contributed by atoms with van der Waals surface area (Å²) in [5.74, 6) is 1.79. The molecule has 4 aromatic heterocycles. The van der Waals surface area contributed by atoms with Crippen molar-refractivity contribution in [3.8, 4) is 84.3 Å². The van der Waals surface area contributed by atoms with Gasteiger partial charge in [-0.3, -0.25) is 4.57 Å². The molecule has 0 saturated carbocycles. The third-order valence-electron chi connectivity index (χ3n) is 15.8. The van der Waals surface area contributed by atoms with Crippen molar-refractivity contribution in [3.05, 3.63) is 248 Å². The fraction of sp³-hybridized carbons (Fsp3) is 0.108. The van der Waals surface area contributed by atoms with Crippen molar-refractivity contribution in [2.24, 2.45) is 0 Å². The smallest absolute Gasteiger partial charge is 0.268 e. The molecule has 0 N–H and O–H groups in total. The first kappa shape index (κ1) is 44.7. The minimum Gasteiger partial charge on any atom is -0.510 e. The molecule has 0 unspecified atom stereocenters. The Kier molecular flexibility index (Phi) is 10.5. The number of imidazole rings is 1. The molecule has 0 saturated heterocycles. The second-order valence-corrected chi connectivity index (χ2v) is 22.8. The summed E-state index contributed by atoms with van der Waals surface area (Å²) < 4.78 is 65.0. The molecule has 1 aliphatic heterocycles. The van der Waals surface area contributed by atoms with Crippen LogP contribution in [0.4, 0.5) is 0 Å². The molecule has 14 aromatic rings. The van der Waals surface area contributed by atoms with Gasteiger partial charge in [-0.05, 0) is 131 Å². The Morgan fingerprint density at radius 2 is 1.20 bits per heavy atom. The third kappa shape index (κ3) is 8.26. The van der Waals surface area contributed by atoms with Crippen LogP contribution in [0.15, 0.2) is 223 Å². The van der Waals surface area contributed by atoms with Crippen LogP contribution in [-0.2, 0) is 31.9 Å². The minimum atomic E-state index is -0.451. The maximum Gasteiger partial charge on any atom is 0.268 e. The third-order valence-corrected chi connectivity index (χ3v) is 15.8. The Morgan fingerprint density at radius 3 is 2.01 bits per heavy atom. The first-order valence-corrected chi connectivity index (χ1v) is 27.0. The van der Waals surface area contributed by atoms with Gasteiger partial charge in [-0.2, -0.15) is 18.2 Å². The van der Waals surface area contributed by atoms with E-state index in [1.54, 1.807) is 0 Å². The van der Waals surface area contributed by atoms with Gasteiger partial charge in [0.25, 0.3) is 6.33 Å². The molecule has 0 atom stereocenters. The van der Waals surface area contributed by atoms with Crippen molar-refractivity contribution in [1.82, 2.24) is 14.1 Å². The SMILES string of the molecule is [2H]c1c([2H])c([2H])c(-c2cccc3c2-c2cccc(-c4ccc5oc6ccccc6c5c4)c2-[n+]2[c-]n(-c4[c-]c(Oc5[c-]c6c(cc5)c5ccccc5n6-c5cc(C(C)(C)C)ccn5)ccc4)c4cc(C(C)(C)C)cc(c42)-c2ccccc2-3)c([2H])c1[2H].[Pt]. The number of pyridine rings is 1. The first-order valence-electron chi connectivity index (χ1n) is 29.5. The van der Waals surface area contributed by atoms with Crippen LogP contribution in [0.3, 0.4) is 0 Å². The molecule has 0 aliphatic carbocycles. The number of hydrogen-bond acceptors (Lipinski definition) is 3. The van der Waals surface area contributed by atoms with Gasteiger partial charge >= 0.3 is 0 Å². The van der Waals surface area contributed by atoms with E-state index < -0.39 is 18.1 Å². The van der Waals surface area contributed by atoms with Gasteiger partial charge in [0, 0.05) is 55.1 Å². The predicted octanol–water partition coefficient (Wildman–Crippen LogP) is 18.7. The molecule has 15 rings (SSSR count). The maximum absolute atomic E-state index is 9.44. The Morgan fingerprint density at radius 1 is 0.519 bits per heavy atom. The van der Waals surface area contributed by atoms with Crippen molar-refractivity contribution in [1.29, 1.82) is 0 Å². The van der Waals surface area contributed by atoms with Crippen LogP contribution in [0.25, 0.3) is 128 Å². The number of fused-ring (bicyclic) bond motifs is 13. The van der Waals surface area contributed by atoms with Crippen LogP contribution in [0.1, 0.15) is 59.5 Å². The van der Waals surface area contributed by atoms with Gasteiger partial charge in [-0.1, -0.05) is 186 Å². The second kappa shape index (κ2) is 19.0. The molecular weight excluding hydrogens is 1170 g/mol. The number of furan rings is 1. The maximum atomic E-state index is 9.44. The summed E-state index contributed by atoms with van der Waals surface area (Å²) in [6.07, 6.45) is 5.82. The summed E-state index contributed by atoms with van der Waals surface area (Å²) in [5.41, 5.74) is 16.0. The summed E-state index contributed by atoms with van der Waals surface area (Å²) in [7, 11) is 0. The van der Waals surface area contributed by atoms with Crippen LogP contribution in [0, 0.1) is 18.5 Å². The van der Waals surface area contributed by atoms with E-state index in [0.29, 0.717) is 28.3 Å². The molecule has 0 bridgehead atoms. The topological polar surface area (TPSA) is 49.0 Å². The molecule has 0 radical (unpaired) electrons. The van der Waals surface area contributed by atoms with Gasteiger partial charge in [0.05, 0.1) is 23.6 Å². The average molecular weight is 1230 g/mol. The van der Waals surface area contributed by atoms with Crippen LogP contribution < -0.4 is 9.30 Å². The van der Waals surface area contributed by atoms with Gasteiger partial charge in [0.2, 0.25) is 0 Å². The molecule has 0 spiro atoms. The monoisotopic (exact) mass is 1230 g/mol. The summed E-state index contributed by atoms with van der Waals surface area (Å²) in [5, 5.41) is 4.07. The fourth-order valence-corrected chi connectivity index (χ4v) is 11.9. The zero-order valence-electron chi connectivity index (χ0n) is 50.3. The second-order valence-electron chi connectivity index (χ2n) is 22.8. The summed E-state index contributed by atoms with van der Waals surface area (Å²) >= 11 is 0. The summed E-state index contributed by atoms with van der Waals surface area (Å²) in [6, 6.07) is 67.5. The molecule has 1 aliphatic rings. The zero-order valence-corrected chi connectivity index (χ0v) is 47.6. The van der Waals surface area contributed by atoms with Crippen molar-refractivity contribution in [2.45, 2.75) is 52.4 Å². The molecule has 0 fully saturated rings. The van der Waals surface area contributed by atoms with Gasteiger partial charge in [0.15, 0.2) is 0 Å². The van der Waals surface area contributed by atoms with E-state index >= 15 is 0 Å². The molecule has 0 amide bonds. The van der Waals surface area contributed by atoms with Gasteiger partial charge in [-0.25, -0.2) is 4.98 Å². The summed E-state index contributed by atoms with van der Waals surface area (Å²) in [6.45, 7) is 13.3. The zero-order chi connectivity index (χ0) is 58.4. The van der Waals surface area contributed by atoms with E-state index in [1.807, 2.05) is 79.0 Å². The van der Waals surface area contributed by atoms with Crippen LogP contribution in [0.2, 0.25) is 0 Å². The molecular formula is C74H54N4O2Pt-2. The van der Waals surface area contributed by atoms with Gasteiger partial charge < -0.3 is 18.3 Å². The number of ether oxygens (including phenoxy) is 1. The largest absolute Gasteiger partial charge is 0.510 e. The normalized spacial score (nSPS) is 13.1. The van der Waals surface area contributed by atoms with Crippen LogP contribution in [0.5, 0.6) is 11.5 Å². The quantitative estimate of drug-likeness (QED) is 0.123. The number of rotatable bonds is 6. The molecule has 10 aromatic carbocycles. The van der Waals surface area contributed by atoms with E-state index in [2.05, 4.69) is 183 Å². The van der Waals surface area contributed by atoms with Crippen molar-refractivity contribution < 1.29 is 41.6 Å². The molecule has 6 nitrogen and oxygen atoms in total. The van der Waals surface area contributed by atoms with Crippen molar-refractivity contribution in [3.63, 3.8) is 0 Å². The Bertz CT molecular complexity index is 5130. The van der Waals surface area contributed by atoms with E-state index in [0.717, 1.165) is 111 Å². The number of nitrogens with zero attached hydrogens (tertiary/aromatic N) is 4. The molecule has 5 heterocycles. The van der Waals surface area contributed by atoms with Crippen LogP contribution in [-0.4, -0.2) is 14.1 Å². The minimum absolute atomic E-state index is 0. The number of para-hydroxylation sites is 3. The van der Waals surface area contributed by atoms with Crippen LogP contribution >= 0.6 is 0 Å². The number of benzene rings is 10. The molecule has 81 heavy (non-hydrogen) atoms. The van der Waals surface area contributed by atoms with Gasteiger partial charge in [0.1, 0.15) is 17.0 Å². The van der Waals surface area contributed by atoms with E-state index in [-0.39, 0.29) is 49.5 Å². The van der Waals surface area contributed by atoms with E-state index in [4.69, 9.17) is 18.3 Å². The Labute approximate surface area is 492 Å². The average Bonchev–Trinajstić information content (AvgIpc) is 1.52. The fourth-order valence-electron chi connectivity index (χ4n) is 11.9. The standard InChI is InChI=1S/C74H54N4O2.Pt/c1-73(2,3)48-37-38-75-69(42-48)78-64-31-14-12-25-57(64)58-35-34-52(44-65(58)78)79-51-22-16-21-50(43-51)76-45-77-71-54(47-33-36-68-62(39-47)59-26-13-15-32-67(59)80-68)28-18-30-61(71)70-53(46-19-8-7-9-20-46)27-17-29-60(70)55-23-10-11-24-56(55)63-40-49(74(4,5)6)41-66(76)72(63)77;/h7-42H,1-6H3;/q-2;/i7D,8D,9D,19D,20D;. The molecule has 394 valence electrons. The number of aromatic nitrogens is 4. The van der Waals surface area contributed by atoms with Gasteiger partial charge in [-0.15, -0.1) is 29.7 Å². The molecule has 7 heteroatoms. The van der Waals surface area contributed by atoms with E-state index in [1.165, 1.54) is 5.56 Å². The van der Waals surface area contributed by atoms with Crippen molar-refractivity contribution >= 4 is 54.8 Å². The number of hydrogen-bond donors (Lipinski definition) is 0. The summed E-state index contributed by atoms with van der Waals surface area (Å²) in [4.78, 5) is 4.90. The predicted molar refractivity (Wildman–Crippen MR) is 325 cm³/mol. The van der Waals surface area contributed by atoms with E-state index in [9.17, 15) is 2.74 Å². The Hall–Kier alpha value is -9.09. The van der Waals surface area contributed by atoms with Crippen molar-refractivity contribution in [2.75, 3.05) is 0 Å².